The normalized spacial score (nSPS) is 21.2. The molecule has 0 unspecified atom stereocenters. The summed E-state index contributed by atoms with van der Waals surface area (Å²) in [5, 5.41) is 4.08. The first-order valence-electron chi connectivity index (χ1n) is 16.9. The molecule has 0 radical (unpaired) electrons. The number of piperidine rings is 2. The molecule has 4 aliphatic heterocycles. The van der Waals surface area contributed by atoms with E-state index in [1.165, 1.54) is 0 Å². The van der Waals surface area contributed by atoms with E-state index in [-0.39, 0.29) is 24.4 Å². The van der Waals surface area contributed by atoms with E-state index < -0.39 is 12.2 Å². The molecule has 1 N–H and O–H groups in total. The van der Waals surface area contributed by atoms with Gasteiger partial charge in [-0.3, -0.25) is 9.69 Å². The minimum atomic E-state index is -0.995. The van der Waals surface area contributed by atoms with Crippen LogP contribution in [0, 0.1) is 6.92 Å². The van der Waals surface area contributed by atoms with Gasteiger partial charge in [-0.2, -0.15) is 0 Å². The van der Waals surface area contributed by atoms with Crippen LogP contribution in [-0.4, -0.2) is 127 Å². The van der Waals surface area contributed by atoms with Crippen molar-refractivity contribution in [3.63, 3.8) is 0 Å². The molecule has 2 aromatic carbocycles. The molecule has 4 aliphatic rings. The van der Waals surface area contributed by atoms with Crippen molar-refractivity contribution in [3.8, 4) is 0 Å². The lowest BCUT2D eigenvalue weighted by Crippen LogP contribution is -2.54. The molecule has 0 bridgehead atoms. The summed E-state index contributed by atoms with van der Waals surface area (Å²) >= 11 is 12.9. The van der Waals surface area contributed by atoms with Crippen molar-refractivity contribution in [3.05, 3.63) is 63.1 Å². The minimum Gasteiger partial charge on any atom is -0.436 e. The molecule has 0 spiro atoms. The number of piperazine rings is 1. The Morgan fingerprint density at radius 3 is 2.17 bits per heavy atom. The summed E-state index contributed by atoms with van der Waals surface area (Å²) in [6.07, 6.45) is 2.55. The maximum absolute atomic E-state index is 14.0. The van der Waals surface area contributed by atoms with Crippen LogP contribution in [0.15, 0.2) is 36.4 Å². The first kappa shape index (κ1) is 33.8. The van der Waals surface area contributed by atoms with Crippen LogP contribution in [0.4, 0.5) is 15.3 Å². The van der Waals surface area contributed by atoms with Crippen molar-refractivity contribution in [2.75, 3.05) is 71.3 Å². The molecule has 10 nitrogen and oxygen atoms in total. The highest BCUT2D eigenvalue weighted by Gasteiger charge is 2.36. The van der Waals surface area contributed by atoms with Gasteiger partial charge in [0.05, 0.1) is 0 Å². The number of rotatable bonds is 6. The highest BCUT2D eigenvalue weighted by atomic mass is 35.5. The molecule has 3 fully saturated rings. The summed E-state index contributed by atoms with van der Waals surface area (Å²) in [4.78, 5) is 51.0. The minimum absolute atomic E-state index is 0.0178. The van der Waals surface area contributed by atoms with Crippen LogP contribution in [0.2, 0.25) is 10.0 Å². The van der Waals surface area contributed by atoms with E-state index in [4.69, 9.17) is 27.9 Å². The molecule has 3 saturated heterocycles. The number of fused-ring (bicyclic) bond motifs is 1. The van der Waals surface area contributed by atoms with Gasteiger partial charge in [-0.15, -0.1) is 0 Å². The third kappa shape index (κ3) is 7.99. The summed E-state index contributed by atoms with van der Waals surface area (Å²) in [6.45, 7) is 8.86. The largest absolute Gasteiger partial charge is 0.436 e. The second-order valence-electron chi connectivity index (χ2n) is 13.4. The Morgan fingerprint density at radius 1 is 0.872 bits per heavy atom. The quantitative estimate of drug-likeness (QED) is 0.453. The molecular formula is C35H46Cl2N6O4. The van der Waals surface area contributed by atoms with Crippen molar-refractivity contribution < 1.29 is 19.1 Å². The Kier molecular flexibility index (Phi) is 10.8. The van der Waals surface area contributed by atoms with E-state index in [0.29, 0.717) is 61.7 Å². The SMILES string of the molecule is Cc1c(Cl)cc(C[C@@H](OC(=O)N2CCC(N3CCc4ccccc4NC3=O)CC2)C(=O)N2CCC(N3CCN(C)CC3)CC2)cc1Cl. The number of carbonyl (C=O) groups excluding carboxylic acids is 3. The van der Waals surface area contributed by atoms with Crippen molar-refractivity contribution in [1.29, 1.82) is 0 Å². The number of likely N-dealkylation sites (tertiary alicyclic amines) is 2. The van der Waals surface area contributed by atoms with Gasteiger partial charge < -0.3 is 29.7 Å². The number of benzene rings is 2. The fraction of sp³-hybridized carbons (Fsp3) is 0.571. The number of nitrogens with zero attached hydrogens (tertiary/aromatic N) is 5. The first-order chi connectivity index (χ1) is 22.7. The number of hydrogen-bond donors (Lipinski definition) is 1. The highest BCUT2D eigenvalue weighted by Crippen LogP contribution is 2.29. The van der Waals surface area contributed by atoms with E-state index in [1.54, 1.807) is 17.0 Å². The Bertz CT molecular complexity index is 1430. The second kappa shape index (κ2) is 15.0. The second-order valence-corrected chi connectivity index (χ2v) is 14.2. The first-order valence-corrected chi connectivity index (χ1v) is 17.7. The number of nitrogens with one attached hydrogen (secondary N) is 1. The van der Waals surface area contributed by atoms with Crippen LogP contribution in [-0.2, 0) is 22.4 Å². The predicted octanol–water partition coefficient (Wildman–Crippen LogP) is 5.14. The predicted molar refractivity (Wildman–Crippen MR) is 184 cm³/mol. The lowest BCUT2D eigenvalue weighted by molar-refractivity contribution is -0.142. The highest BCUT2D eigenvalue weighted by molar-refractivity contribution is 6.36. The van der Waals surface area contributed by atoms with Gasteiger partial charge >= 0.3 is 12.1 Å². The Morgan fingerprint density at radius 2 is 1.49 bits per heavy atom. The van der Waals surface area contributed by atoms with E-state index in [2.05, 4.69) is 22.2 Å². The third-order valence-electron chi connectivity index (χ3n) is 10.4. The maximum atomic E-state index is 14.0. The number of hydrogen-bond acceptors (Lipinski definition) is 6. The number of carbonyl (C=O) groups is 3. The fourth-order valence-corrected chi connectivity index (χ4v) is 7.88. The Balaban J connectivity index is 1.08. The Labute approximate surface area is 287 Å². The topological polar surface area (TPSA) is 88.7 Å². The molecule has 4 heterocycles. The van der Waals surface area contributed by atoms with Crippen molar-refractivity contribution in [2.45, 2.75) is 63.6 Å². The van der Waals surface area contributed by atoms with Crippen LogP contribution in [0.1, 0.15) is 42.4 Å². The van der Waals surface area contributed by atoms with E-state index in [0.717, 1.165) is 67.8 Å². The van der Waals surface area contributed by atoms with Gasteiger partial charge in [0.25, 0.3) is 5.91 Å². The van der Waals surface area contributed by atoms with Gasteiger partial charge in [0.2, 0.25) is 0 Å². The van der Waals surface area contributed by atoms with Gasteiger partial charge in [-0.25, -0.2) is 9.59 Å². The van der Waals surface area contributed by atoms with Crippen LogP contribution in [0.5, 0.6) is 0 Å². The maximum Gasteiger partial charge on any atom is 0.410 e. The number of likely N-dealkylation sites (N-methyl/N-ethyl adjacent to an activating group) is 1. The van der Waals surface area contributed by atoms with Crippen LogP contribution < -0.4 is 5.32 Å². The molecule has 0 saturated carbocycles. The molecular weight excluding hydrogens is 639 g/mol. The van der Waals surface area contributed by atoms with E-state index in [9.17, 15) is 14.4 Å². The average Bonchev–Trinajstić information content (AvgIpc) is 3.25. The lowest BCUT2D eigenvalue weighted by atomic mass is 10.00. The summed E-state index contributed by atoms with van der Waals surface area (Å²) in [5.74, 6) is -0.182. The number of urea groups is 1. The fourth-order valence-electron chi connectivity index (χ4n) is 7.35. The van der Waals surface area contributed by atoms with Gasteiger partial charge in [0.15, 0.2) is 6.10 Å². The molecule has 2 aromatic rings. The smallest absolute Gasteiger partial charge is 0.410 e. The molecule has 12 heteroatoms. The number of amides is 4. The average molecular weight is 686 g/mol. The van der Waals surface area contributed by atoms with Gasteiger partial charge in [0, 0.05) is 93.1 Å². The zero-order valence-electron chi connectivity index (χ0n) is 27.4. The number of ether oxygens (including phenoxy) is 1. The zero-order chi connectivity index (χ0) is 33.1. The third-order valence-corrected chi connectivity index (χ3v) is 11.2. The van der Waals surface area contributed by atoms with Gasteiger partial charge in [-0.1, -0.05) is 41.4 Å². The molecule has 254 valence electrons. The van der Waals surface area contributed by atoms with Crippen LogP contribution >= 0.6 is 23.2 Å². The summed E-state index contributed by atoms with van der Waals surface area (Å²) in [5.41, 5.74) is 3.50. The number of halogens is 2. The van der Waals surface area contributed by atoms with E-state index in [1.807, 2.05) is 41.0 Å². The van der Waals surface area contributed by atoms with Crippen LogP contribution in [0.3, 0.4) is 0 Å². The Hall–Kier alpha value is -3.05. The number of anilines is 1. The number of para-hydroxylation sites is 1. The molecule has 0 aromatic heterocycles. The van der Waals surface area contributed by atoms with Gasteiger partial charge in [0.1, 0.15) is 0 Å². The molecule has 6 rings (SSSR count). The molecule has 0 aliphatic carbocycles. The van der Waals surface area contributed by atoms with E-state index >= 15 is 0 Å². The lowest BCUT2D eigenvalue weighted by Gasteiger charge is -2.42. The summed E-state index contributed by atoms with van der Waals surface area (Å²) < 4.78 is 6.04. The zero-order valence-corrected chi connectivity index (χ0v) is 28.9. The summed E-state index contributed by atoms with van der Waals surface area (Å²) in [6, 6.07) is 11.9. The standard InChI is InChI=1S/C35H46Cl2N6O4/c1-24-29(36)21-25(22-30(24)37)23-32(33(44)41-12-8-27(9-13-41)40-19-17-39(2)18-20-40)47-35(46)42-14-10-28(11-15-42)43-16-7-26-5-3-4-6-31(26)38-34(43)45/h3-6,21-22,27-28,32H,7-20,23H2,1-2H3,(H,38,45)/t32-/m1/s1. The molecule has 47 heavy (non-hydrogen) atoms. The van der Waals surface area contributed by atoms with Crippen molar-refractivity contribution >= 4 is 46.9 Å². The van der Waals surface area contributed by atoms with Crippen molar-refractivity contribution in [2.24, 2.45) is 0 Å². The van der Waals surface area contributed by atoms with Gasteiger partial charge in [-0.05, 0) is 81.0 Å². The molecule has 4 amide bonds. The molecule has 1 atom stereocenters. The monoisotopic (exact) mass is 684 g/mol. The van der Waals surface area contributed by atoms with Crippen LogP contribution in [0.25, 0.3) is 0 Å². The van der Waals surface area contributed by atoms with Crippen molar-refractivity contribution in [1.82, 2.24) is 24.5 Å². The summed E-state index contributed by atoms with van der Waals surface area (Å²) in [7, 11) is 2.16.